The van der Waals surface area contributed by atoms with Crippen molar-refractivity contribution < 1.29 is 9.59 Å². The highest BCUT2D eigenvalue weighted by atomic mass is 16.2. The Bertz CT molecular complexity index is 432. The first-order valence-corrected chi connectivity index (χ1v) is 6.65. The number of nitrogens with one attached hydrogen (secondary N) is 1. The van der Waals surface area contributed by atoms with Gasteiger partial charge >= 0.3 is 0 Å². The number of rotatable bonds is 5. The Kier molecular flexibility index (Phi) is 5.28. The summed E-state index contributed by atoms with van der Waals surface area (Å²) in [6.45, 7) is 7.60. The Morgan fingerprint density at radius 3 is 2.26 bits per heavy atom. The molecule has 0 fully saturated rings. The Morgan fingerprint density at radius 1 is 1.16 bits per heavy atom. The van der Waals surface area contributed by atoms with Crippen molar-refractivity contribution in [1.82, 2.24) is 5.32 Å². The van der Waals surface area contributed by atoms with Crippen molar-refractivity contribution >= 4 is 11.7 Å². The smallest absolute Gasteiger partial charge is 0.223 e. The standard InChI is InChI=1S/C16H23NO2/c1-12(15(19)17-16(2,3)4)10-14(18)11-13-8-6-5-7-9-13/h5-9,12H,10-11H2,1-4H3,(H,17,19). The van der Waals surface area contributed by atoms with Gasteiger partial charge in [-0.3, -0.25) is 9.59 Å². The second kappa shape index (κ2) is 6.50. The van der Waals surface area contributed by atoms with E-state index in [0.29, 0.717) is 6.42 Å². The van der Waals surface area contributed by atoms with Crippen molar-refractivity contribution in [2.45, 2.75) is 46.1 Å². The summed E-state index contributed by atoms with van der Waals surface area (Å²) in [6, 6.07) is 9.61. The van der Waals surface area contributed by atoms with Crippen molar-refractivity contribution in [3.63, 3.8) is 0 Å². The van der Waals surface area contributed by atoms with E-state index >= 15 is 0 Å². The minimum Gasteiger partial charge on any atom is -0.351 e. The van der Waals surface area contributed by atoms with Crippen molar-refractivity contribution in [1.29, 1.82) is 0 Å². The first kappa shape index (κ1) is 15.4. The maximum absolute atomic E-state index is 11.9. The molecular formula is C16H23NO2. The molecule has 3 nitrogen and oxygen atoms in total. The van der Waals surface area contributed by atoms with Gasteiger partial charge in [0.1, 0.15) is 5.78 Å². The molecule has 0 aliphatic heterocycles. The van der Waals surface area contributed by atoms with Crippen LogP contribution in [-0.4, -0.2) is 17.2 Å². The van der Waals surface area contributed by atoms with Crippen LogP contribution in [0.4, 0.5) is 0 Å². The van der Waals surface area contributed by atoms with E-state index in [1.807, 2.05) is 51.1 Å². The van der Waals surface area contributed by atoms with Gasteiger partial charge < -0.3 is 5.32 Å². The highest BCUT2D eigenvalue weighted by molar-refractivity contribution is 5.87. The average molecular weight is 261 g/mol. The molecule has 3 heteroatoms. The van der Waals surface area contributed by atoms with Crippen LogP contribution >= 0.6 is 0 Å². The number of carbonyl (C=O) groups is 2. The van der Waals surface area contributed by atoms with Crippen LogP contribution < -0.4 is 5.32 Å². The molecule has 0 radical (unpaired) electrons. The van der Waals surface area contributed by atoms with E-state index in [0.717, 1.165) is 5.56 Å². The lowest BCUT2D eigenvalue weighted by Crippen LogP contribution is -2.43. The van der Waals surface area contributed by atoms with Gasteiger partial charge in [0, 0.05) is 24.3 Å². The van der Waals surface area contributed by atoms with Crippen LogP contribution in [0.15, 0.2) is 30.3 Å². The fraction of sp³-hybridized carbons (Fsp3) is 0.500. The first-order valence-electron chi connectivity index (χ1n) is 6.65. The van der Waals surface area contributed by atoms with Crippen molar-refractivity contribution in [2.24, 2.45) is 5.92 Å². The van der Waals surface area contributed by atoms with E-state index in [1.54, 1.807) is 6.92 Å². The topological polar surface area (TPSA) is 46.2 Å². The predicted molar refractivity (Wildman–Crippen MR) is 76.8 cm³/mol. The summed E-state index contributed by atoms with van der Waals surface area (Å²) in [6.07, 6.45) is 0.685. The van der Waals surface area contributed by atoms with Crippen molar-refractivity contribution in [2.75, 3.05) is 0 Å². The molecule has 1 unspecified atom stereocenters. The SMILES string of the molecule is CC(CC(=O)Cc1ccccc1)C(=O)NC(C)(C)C. The summed E-state index contributed by atoms with van der Waals surface area (Å²) in [5.74, 6) is -0.243. The monoisotopic (exact) mass is 261 g/mol. The van der Waals surface area contributed by atoms with Crippen molar-refractivity contribution in [3.8, 4) is 0 Å². The third-order valence-corrected chi connectivity index (χ3v) is 2.72. The highest BCUT2D eigenvalue weighted by Gasteiger charge is 2.21. The molecule has 0 aliphatic carbocycles. The zero-order valence-electron chi connectivity index (χ0n) is 12.2. The van der Waals surface area contributed by atoms with E-state index in [9.17, 15) is 9.59 Å². The van der Waals surface area contributed by atoms with E-state index in [4.69, 9.17) is 0 Å². The van der Waals surface area contributed by atoms with Crippen LogP contribution in [-0.2, 0) is 16.0 Å². The van der Waals surface area contributed by atoms with Gasteiger partial charge in [0.2, 0.25) is 5.91 Å². The molecule has 0 aliphatic rings. The van der Waals surface area contributed by atoms with Gasteiger partial charge in [-0.05, 0) is 26.3 Å². The predicted octanol–water partition coefficient (Wildman–Crippen LogP) is 2.74. The van der Waals surface area contributed by atoms with Crippen LogP contribution in [0.2, 0.25) is 0 Å². The van der Waals surface area contributed by atoms with Gasteiger partial charge in [0.05, 0.1) is 0 Å². The normalized spacial score (nSPS) is 12.8. The molecule has 1 atom stereocenters. The summed E-state index contributed by atoms with van der Waals surface area (Å²) in [5, 5.41) is 2.90. The molecule has 0 spiro atoms. The van der Waals surface area contributed by atoms with Crippen LogP contribution in [0.3, 0.4) is 0 Å². The Hall–Kier alpha value is -1.64. The molecule has 1 amide bonds. The molecule has 19 heavy (non-hydrogen) atoms. The van der Waals surface area contributed by atoms with E-state index in [1.165, 1.54) is 0 Å². The number of ketones is 1. The lowest BCUT2D eigenvalue weighted by atomic mass is 9.98. The molecule has 0 bridgehead atoms. The van der Waals surface area contributed by atoms with E-state index in [2.05, 4.69) is 5.32 Å². The summed E-state index contributed by atoms with van der Waals surface area (Å²) in [5.41, 5.74) is 0.740. The summed E-state index contributed by atoms with van der Waals surface area (Å²) < 4.78 is 0. The molecule has 1 rings (SSSR count). The highest BCUT2D eigenvalue weighted by Crippen LogP contribution is 2.10. The largest absolute Gasteiger partial charge is 0.351 e. The fourth-order valence-electron chi connectivity index (χ4n) is 1.82. The van der Waals surface area contributed by atoms with Gasteiger partial charge in [-0.2, -0.15) is 0 Å². The zero-order valence-corrected chi connectivity index (χ0v) is 12.2. The minimum absolute atomic E-state index is 0.0612. The Labute approximate surface area is 115 Å². The molecule has 1 N–H and O–H groups in total. The van der Waals surface area contributed by atoms with Crippen LogP contribution in [0.5, 0.6) is 0 Å². The molecular weight excluding hydrogens is 238 g/mol. The second-order valence-electron chi connectivity index (χ2n) is 6.05. The lowest BCUT2D eigenvalue weighted by Gasteiger charge is -2.23. The van der Waals surface area contributed by atoms with Gasteiger partial charge in [-0.1, -0.05) is 37.3 Å². The summed E-state index contributed by atoms with van der Waals surface area (Å²) in [7, 11) is 0. The fourth-order valence-corrected chi connectivity index (χ4v) is 1.82. The maximum atomic E-state index is 11.9. The quantitative estimate of drug-likeness (QED) is 0.886. The third kappa shape index (κ3) is 6.18. The first-order chi connectivity index (χ1) is 8.78. The number of amides is 1. The minimum atomic E-state index is -0.282. The molecule has 0 saturated heterocycles. The van der Waals surface area contributed by atoms with Crippen LogP contribution in [0.25, 0.3) is 0 Å². The third-order valence-electron chi connectivity index (χ3n) is 2.72. The van der Waals surface area contributed by atoms with Gasteiger partial charge in [0.25, 0.3) is 0 Å². The molecule has 0 saturated carbocycles. The number of hydrogen-bond acceptors (Lipinski definition) is 2. The molecule has 1 aromatic rings. The maximum Gasteiger partial charge on any atom is 0.223 e. The molecule has 104 valence electrons. The van der Waals surface area contributed by atoms with E-state index in [-0.39, 0.29) is 29.6 Å². The van der Waals surface area contributed by atoms with Crippen LogP contribution in [0.1, 0.15) is 39.7 Å². The molecule has 1 aromatic carbocycles. The average Bonchev–Trinajstić information content (AvgIpc) is 2.27. The van der Waals surface area contributed by atoms with Gasteiger partial charge in [-0.25, -0.2) is 0 Å². The second-order valence-corrected chi connectivity index (χ2v) is 6.05. The van der Waals surface area contributed by atoms with Gasteiger partial charge in [0.15, 0.2) is 0 Å². The number of benzene rings is 1. The zero-order chi connectivity index (χ0) is 14.5. The van der Waals surface area contributed by atoms with Gasteiger partial charge in [-0.15, -0.1) is 0 Å². The number of hydrogen-bond donors (Lipinski definition) is 1. The Balaban J connectivity index is 2.46. The number of carbonyl (C=O) groups excluding carboxylic acids is 2. The van der Waals surface area contributed by atoms with E-state index < -0.39 is 0 Å². The Morgan fingerprint density at radius 2 is 1.74 bits per heavy atom. The number of Topliss-reactive ketones (excluding diaryl/α,β-unsaturated/α-hetero) is 1. The summed E-state index contributed by atoms with van der Waals surface area (Å²) in [4.78, 5) is 23.8. The lowest BCUT2D eigenvalue weighted by molar-refractivity contribution is -0.129. The van der Waals surface area contributed by atoms with Crippen LogP contribution in [0, 0.1) is 5.92 Å². The van der Waals surface area contributed by atoms with Crippen molar-refractivity contribution in [3.05, 3.63) is 35.9 Å². The molecule has 0 aromatic heterocycles. The molecule has 0 heterocycles. The summed E-state index contributed by atoms with van der Waals surface area (Å²) >= 11 is 0.